The zero-order valence-electron chi connectivity index (χ0n) is 16.8. The van der Waals surface area contributed by atoms with E-state index in [9.17, 15) is 18.0 Å². The number of aromatic nitrogens is 3. The first kappa shape index (κ1) is 20.7. The zero-order valence-corrected chi connectivity index (χ0v) is 17.6. The number of aromatic amines is 1. The van der Waals surface area contributed by atoms with E-state index in [1.165, 1.54) is 16.6 Å². The average Bonchev–Trinajstić information content (AvgIpc) is 3.23. The van der Waals surface area contributed by atoms with Crippen LogP contribution in [0.25, 0.3) is 11.3 Å². The van der Waals surface area contributed by atoms with Crippen molar-refractivity contribution in [3.8, 4) is 11.3 Å². The van der Waals surface area contributed by atoms with E-state index >= 15 is 0 Å². The van der Waals surface area contributed by atoms with Crippen molar-refractivity contribution >= 4 is 15.9 Å². The molecule has 0 saturated carbocycles. The molecule has 1 atom stereocenters. The second-order valence-electron chi connectivity index (χ2n) is 7.88. The van der Waals surface area contributed by atoms with Crippen LogP contribution >= 0.6 is 0 Å². The van der Waals surface area contributed by atoms with Crippen molar-refractivity contribution in [3.63, 3.8) is 0 Å². The van der Waals surface area contributed by atoms with Gasteiger partial charge in [-0.15, -0.1) is 0 Å². The summed E-state index contributed by atoms with van der Waals surface area (Å²) in [5.41, 5.74) is 1.01. The van der Waals surface area contributed by atoms with Crippen molar-refractivity contribution in [3.05, 3.63) is 46.8 Å². The van der Waals surface area contributed by atoms with Crippen LogP contribution in [0.1, 0.15) is 37.5 Å². The maximum atomic E-state index is 13.2. The van der Waals surface area contributed by atoms with Gasteiger partial charge in [0.05, 0.1) is 18.0 Å². The molecule has 2 aromatic heterocycles. The second-order valence-corrected chi connectivity index (χ2v) is 9.87. The molecule has 2 fully saturated rings. The topological polar surface area (TPSA) is 116 Å². The van der Waals surface area contributed by atoms with Crippen LogP contribution in [0, 0.1) is 5.92 Å². The summed E-state index contributed by atoms with van der Waals surface area (Å²) < 4.78 is 24.9. The molecule has 9 nitrogen and oxygen atoms in total. The quantitative estimate of drug-likeness (QED) is 0.777. The highest BCUT2D eigenvalue weighted by molar-refractivity contribution is 7.88. The van der Waals surface area contributed by atoms with E-state index in [4.69, 9.17) is 0 Å². The van der Waals surface area contributed by atoms with Gasteiger partial charge in [0.25, 0.3) is 5.56 Å². The highest BCUT2D eigenvalue weighted by Crippen LogP contribution is 2.33. The van der Waals surface area contributed by atoms with Gasteiger partial charge in [0.15, 0.2) is 0 Å². The van der Waals surface area contributed by atoms with Crippen molar-refractivity contribution in [2.45, 2.75) is 31.7 Å². The summed E-state index contributed by atoms with van der Waals surface area (Å²) in [6.45, 7) is 1.33. The number of carbonyl (C=O) groups is 1. The monoisotopic (exact) mass is 431 g/mol. The Kier molecular flexibility index (Phi) is 5.70. The van der Waals surface area contributed by atoms with Crippen LogP contribution in [0.15, 0.2) is 35.4 Å². The number of piperidine rings is 1. The molecule has 0 radical (unpaired) electrons. The first-order valence-corrected chi connectivity index (χ1v) is 11.9. The largest absolute Gasteiger partial charge is 0.332 e. The summed E-state index contributed by atoms with van der Waals surface area (Å²) in [6, 6.07) is 4.77. The first-order valence-electron chi connectivity index (χ1n) is 10.1. The van der Waals surface area contributed by atoms with Gasteiger partial charge in [-0.3, -0.25) is 14.6 Å². The van der Waals surface area contributed by atoms with Crippen molar-refractivity contribution < 1.29 is 13.2 Å². The van der Waals surface area contributed by atoms with Gasteiger partial charge in [0.1, 0.15) is 5.82 Å². The molecule has 2 aliphatic rings. The summed E-state index contributed by atoms with van der Waals surface area (Å²) in [5.74, 6) is 0.290. The Bertz CT molecular complexity index is 1080. The third-order valence-electron chi connectivity index (χ3n) is 5.84. The molecule has 30 heavy (non-hydrogen) atoms. The SMILES string of the molecule is CS(=O)(=O)N1CCC(C(=O)N2CCC[C@@H]2c2nc(-c3cccnc3)cc(=O)[nH]2)CC1. The third-order valence-corrected chi connectivity index (χ3v) is 7.14. The van der Waals surface area contributed by atoms with Crippen LogP contribution in [-0.4, -0.2) is 64.4 Å². The fraction of sp³-hybridized carbons (Fsp3) is 0.500. The number of amides is 1. The Morgan fingerprint density at radius 1 is 1.20 bits per heavy atom. The lowest BCUT2D eigenvalue weighted by Crippen LogP contribution is -2.44. The summed E-state index contributed by atoms with van der Waals surface area (Å²) >= 11 is 0. The van der Waals surface area contributed by atoms with Crippen molar-refractivity contribution in [1.29, 1.82) is 0 Å². The Morgan fingerprint density at radius 2 is 1.97 bits per heavy atom. The van der Waals surface area contributed by atoms with E-state index in [1.807, 2.05) is 6.07 Å². The number of sulfonamides is 1. The molecule has 4 rings (SSSR count). The van der Waals surface area contributed by atoms with Gasteiger partial charge in [-0.05, 0) is 37.8 Å². The van der Waals surface area contributed by atoms with E-state index in [0.717, 1.165) is 18.4 Å². The van der Waals surface area contributed by atoms with E-state index in [-0.39, 0.29) is 23.4 Å². The summed E-state index contributed by atoms with van der Waals surface area (Å²) in [7, 11) is -3.23. The Morgan fingerprint density at radius 3 is 2.63 bits per heavy atom. The second kappa shape index (κ2) is 8.27. The Balaban J connectivity index is 1.54. The third kappa shape index (κ3) is 4.29. The lowest BCUT2D eigenvalue weighted by atomic mass is 9.96. The maximum Gasteiger partial charge on any atom is 0.251 e. The molecule has 2 saturated heterocycles. The van der Waals surface area contributed by atoms with Gasteiger partial charge in [-0.1, -0.05) is 0 Å². The minimum atomic E-state index is -3.23. The first-order chi connectivity index (χ1) is 14.3. The molecule has 0 spiro atoms. The summed E-state index contributed by atoms with van der Waals surface area (Å²) in [4.78, 5) is 38.8. The number of pyridine rings is 1. The van der Waals surface area contributed by atoms with E-state index < -0.39 is 10.0 Å². The molecule has 1 amide bonds. The lowest BCUT2D eigenvalue weighted by Gasteiger charge is -2.33. The van der Waals surface area contributed by atoms with Gasteiger partial charge in [0, 0.05) is 49.6 Å². The number of H-pyrrole nitrogens is 1. The number of likely N-dealkylation sites (tertiary alicyclic amines) is 1. The fourth-order valence-corrected chi connectivity index (χ4v) is 5.15. The van der Waals surface area contributed by atoms with Crippen LogP contribution in [0.2, 0.25) is 0 Å². The molecular weight excluding hydrogens is 406 g/mol. The lowest BCUT2D eigenvalue weighted by molar-refractivity contribution is -0.137. The predicted molar refractivity (Wildman–Crippen MR) is 111 cm³/mol. The Labute approximate surface area is 175 Å². The minimum Gasteiger partial charge on any atom is -0.332 e. The normalized spacial score (nSPS) is 21.1. The fourth-order valence-electron chi connectivity index (χ4n) is 4.28. The van der Waals surface area contributed by atoms with Gasteiger partial charge in [0.2, 0.25) is 15.9 Å². The standard InChI is InChI=1S/C20H25N5O4S/c1-30(28,29)24-10-6-14(7-11-24)20(27)25-9-3-5-17(25)19-22-16(12-18(26)23-19)15-4-2-8-21-13-15/h2,4,8,12-14,17H,3,5-7,9-11H2,1H3,(H,22,23,26)/t17-/m1/s1. The molecule has 0 aliphatic carbocycles. The minimum absolute atomic E-state index is 0.0140. The smallest absolute Gasteiger partial charge is 0.251 e. The number of nitrogens with one attached hydrogen (secondary N) is 1. The maximum absolute atomic E-state index is 13.2. The van der Waals surface area contributed by atoms with Gasteiger partial charge >= 0.3 is 0 Å². The van der Waals surface area contributed by atoms with Crippen LogP contribution in [0.4, 0.5) is 0 Å². The average molecular weight is 432 g/mol. The van der Waals surface area contributed by atoms with Gasteiger partial charge < -0.3 is 9.88 Å². The highest BCUT2D eigenvalue weighted by atomic mass is 32.2. The van der Waals surface area contributed by atoms with Crippen molar-refractivity contribution in [2.75, 3.05) is 25.9 Å². The molecular formula is C20H25N5O4S. The molecule has 2 aromatic rings. The molecule has 0 unspecified atom stereocenters. The van der Waals surface area contributed by atoms with Crippen LogP contribution in [-0.2, 0) is 14.8 Å². The van der Waals surface area contributed by atoms with E-state index in [1.54, 1.807) is 23.4 Å². The van der Waals surface area contributed by atoms with Crippen LogP contribution in [0.5, 0.6) is 0 Å². The van der Waals surface area contributed by atoms with Crippen molar-refractivity contribution in [1.82, 2.24) is 24.2 Å². The highest BCUT2D eigenvalue weighted by Gasteiger charge is 2.37. The molecule has 4 heterocycles. The number of hydrogen-bond donors (Lipinski definition) is 1. The molecule has 160 valence electrons. The number of carbonyl (C=O) groups excluding carboxylic acids is 1. The number of nitrogens with zero attached hydrogens (tertiary/aromatic N) is 4. The van der Waals surface area contributed by atoms with Gasteiger partial charge in [-0.2, -0.15) is 0 Å². The molecule has 2 aliphatic heterocycles. The summed E-state index contributed by atoms with van der Waals surface area (Å²) in [5, 5.41) is 0. The van der Waals surface area contributed by atoms with Gasteiger partial charge in [-0.25, -0.2) is 17.7 Å². The Hall–Kier alpha value is -2.59. The van der Waals surface area contributed by atoms with Crippen LogP contribution in [0.3, 0.4) is 0 Å². The molecule has 10 heteroatoms. The van der Waals surface area contributed by atoms with Crippen molar-refractivity contribution in [2.24, 2.45) is 5.92 Å². The van der Waals surface area contributed by atoms with Crippen LogP contribution < -0.4 is 5.56 Å². The number of hydrogen-bond acceptors (Lipinski definition) is 6. The zero-order chi connectivity index (χ0) is 21.3. The molecule has 0 bridgehead atoms. The van der Waals surface area contributed by atoms with E-state index in [2.05, 4.69) is 15.0 Å². The predicted octanol–water partition coefficient (Wildman–Crippen LogP) is 1.17. The molecule has 0 aromatic carbocycles. The molecule has 1 N–H and O–H groups in total. The summed E-state index contributed by atoms with van der Waals surface area (Å²) in [6.07, 6.45) is 7.09. The number of rotatable bonds is 4. The van der Waals surface area contributed by atoms with E-state index in [0.29, 0.717) is 44.0 Å².